The van der Waals surface area contributed by atoms with Crippen molar-refractivity contribution in [2.45, 2.75) is 23.6 Å². The van der Waals surface area contributed by atoms with Crippen LogP contribution in [0.3, 0.4) is 0 Å². The molecule has 3 rings (SSSR count). The van der Waals surface area contributed by atoms with Gasteiger partial charge < -0.3 is 16.0 Å². The molecule has 3 N–H and O–H groups in total. The smallest absolute Gasteiger partial charge is 0.0893 e. The van der Waals surface area contributed by atoms with Crippen molar-refractivity contribution in [1.82, 2.24) is 0 Å². The van der Waals surface area contributed by atoms with Crippen molar-refractivity contribution in [1.29, 1.82) is 0 Å². The second kappa shape index (κ2) is 5.77. The fourth-order valence-corrected chi connectivity index (χ4v) is 3.79. The molecule has 110 valence electrons. The Labute approximate surface area is 127 Å². The molecular weight excluding hydrogens is 282 g/mol. The molecule has 4 nitrogen and oxygen atoms in total. The lowest BCUT2D eigenvalue weighted by molar-refractivity contribution is 0.683. The van der Waals surface area contributed by atoms with E-state index in [0.29, 0.717) is 0 Å². The van der Waals surface area contributed by atoms with Crippen molar-refractivity contribution in [3.63, 3.8) is 0 Å². The predicted molar refractivity (Wildman–Crippen MR) is 89.2 cm³/mol. The Hall–Kier alpha value is -2.01. The van der Waals surface area contributed by atoms with Crippen LogP contribution in [0.15, 0.2) is 46.2 Å². The summed E-state index contributed by atoms with van der Waals surface area (Å²) in [5.41, 5.74) is 3.83. The van der Waals surface area contributed by atoms with Crippen molar-refractivity contribution in [2.75, 3.05) is 29.0 Å². The minimum absolute atomic E-state index is 0.828. The lowest BCUT2D eigenvalue weighted by Gasteiger charge is -2.22. The molecule has 1 heterocycles. The molecule has 0 spiro atoms. The van der Waals surface area contributed by atoms with E-state index < -0.39 is 10.8 Å². The summed E-state index contributed by atoms with van der Waals surface area (Å²) in [4.78, 5) is 1.66. The van der Waals surface area contributed by atoms with E-state index in [0.717, 1.165) is 45.6 Å². The third-order valence-corrected chi connectivity index (χ3v) is 4.87. The van der Waals surface area contributed by atoms with Crippen LogP contribution < -0.4 is 16.0 Å². The van der Waals surface area contributed by atoms with Crippen LogP contribution in [0.5, 0.6) is 0 Å². The molecule has 0 atom stereocenters. The van der Waals surface area contributed by atoms with Crippen LogP contribution in [0.25, 0.3) is 0 Å². The fourth-order valence-electron chi connectivity index (χ4n) is 2.45. The first kappa shape index (κ1) is 13.9. The number of nitrogens with one attached hydrogen (secondary N) is 3. The molecule has 2 aromatic rings. The zero-order valence-electron chi connectivity index (χ0n) is 12.2. The Kier molecular flexibility index (Phi) is 3.84. The molecule has 1 aliphatic heterocycles. The van der Waals surface area contributed by atoms with Gasteiger partial charge in [0, 0.05) is 24.5 Å². The number of anilines is 4. The lowest BCUT2D eigenvalue weighted by atomic mass is 10.2. The SMILES string of the molecule is CCNc1ccc2c(c1)S(=O)c1cc(NCC)ccc1N2. The predicted octanol–water partition coefficient (Wildman–Crippen LogP) is 3.77. The Morgan fingerprint density at radius 1 is 0.905 bits per heavy atom. The van der Waals surface area contributed by atoms with Crippen molar-refractivity contribution < 1.29 is 4.21 Å². The Balaban J connectivity index is 2.01. The Morgan fingerprint density at radius 2 is 1.38 bits per heavy atom. The maximum Gasteiger partial charge on any atom is 0.0893 e. The van der Waals surface area contributed by atoms with Gasteiger partial charge in [-0.05, 0) is 50.2 Å². The molecule has 0 bridgehead atoms. The van der Waals surface area contributed by atoms with Gasteiger partial charge in [-0.25, -0.2) is 4.21 Å². The van der Waals surface area contributed by atoms with Gasteiger partial charge in [-0.3, -0.25) is 0 Å². The van der Waals surface area contributed by atoms with E-state index in [1.807, 2.05) is 50.2 Å². The quantitative estimate of drug-likeness (QED) is 0.686. The molecule has 2 aromatic carbocycles. The molecule has 0 saturated carbocycles. The summed E-state index contributed by atoms with van der Waals surface area (Å²) in [6, 6.07) is 11.9. The van der Waals surface area contributed by atoms with Crippen molar-refractivity contribution in [2.24, 2.45) is 0 Å². The van der Waals surface area contributed by atoms with Crippen molar-refractivity contribution >= 4 is 33.5 Å². The highest BCUT2D eigenvalue weighted by Gasteiger charge is 2.22. The highest BCUT2D eigenvalue weighted by molar-refractivity contribution is 7.85. The fraction of sp³-hybridized carbons (Fsp3) is 0.250. The van der Waals surface area contributed by atoms with E-state index in [1.54, 1.807) is 0 Å². The maximum absolute atomic E-state index is 12.8. The molecule has 0 unspecified atom stereocenters. The molecule has 0 radical (unpaired) electrons. The van der Waals surface area contributed by atoms with E-state index in [1.165, 1.54) is 0 Å². The number of benzene rings is 2. The normalized spacial score (nSPS) is 13.0. The standard InChI is InChI=1S/C16H19N3OS/c1-3-17-11-5-7-13-15(9-11)21(20)16-10-12(18-4-2)6-8-14(16)19-13/h5-10,17-19H,3-4H2,1-2H3. The summed E-state index contributed by atoms with van der Waals surface area (Å²) < 4.78 is 12.8. The third kappa shape index (κ3) is 2.61. The highest BCUT2D eigenvalue weighted by Crippen LogP contribution is 2.39. The van der Waals surface area contributed by atoms with Gasteiger partial charge in [-0.2, -0.15) is 0 Å². The van der Waals surface area contributed by atoms with Gasteiger partial charge in [0.1, 0.15) is 0 Å². The summed E-state index contributed by atoms with van der Waals surface area (Å²) in [7, 11) is -1.16. The van der Waals surface area contributed by atoms with Crippen LogP contribution in [-0.4, -0.2) is 17.3 Å². The average Bonchev–Trinajstić information content (AvgIpc) is 2.49. The number of hydrogen-bond acceptors (Lipinski definition) is 4. The minimum atomic E-state index is -1.16. The molecule has 5 heteroatoms. The van der Waals surface area contributed by atoms with E-state index in [-0.39, 0.29) is 0 Å². The van der Waals surface area contributed by atoms with E-state index >= 15 is 0 Å². The zero-order valence-corrected chi connectivity index (χ0v) is 13.0. The Morgan fingerprint density at radius 3 is 1.81 bits per heavy atom. The van der Waals surface area contributed by atoms with Crippen LogP contribution >= 0.6 is 0 Å². The third-order valence-electron chi connectivity index (χ3n) is 3.39. The molecule has 0 aliphatic carbocycles. The largest absolute Gasteiger partial charge is 0.385 e. The van der Waals surface area contributed by atoms with Gasteiger partial charge in [0.2, 0.25) is 0 Å². The van der Waals surface area contributed by atoms with Gasteiger partial charge in [0.25, 0.3) is 0 Å². The van der Waals surface area contributed by atoms with Crippen LogP contribution in [0.1, 0.15) is 13.8 Å². The van der Waals surface area contributed by atoms with Crippen LogP contribution in [0.2, 0.25) is 0 Å². The summed E-state index contributed by atoms with van der Waals surface area (Å²) in [5.74, 6) is 0. The molecule has 1 aliphatic rings. The molecule has 0 amide bonds. The van der Waals surface area contributed by atoms with E-state index in [9.17, 15) is 4.21 Å². The number of rotatable bonds is 4. The van der Waals surface area contributed by atoms with Crippen molar-refractivity contribution in [3.05, 3.63) is 36.4 Å². The van der Waals surface area contributed by atoms with E-state index in [2.05, 4.69) is 16.0 Å². The topological polar surface area (TPSA) is 53.2 Å². The Bertz CT molecular complexity index is 642. The second-order valence-corrected chi connectivity index (χ2v) is 6.29. The van der Waals surface area contributed by atoms with Gasteiger partial charge in [-0.1, -0.05) is 0 Å². The monoisotopic (exact) mass is 301 g/mol. The van der Waals surface area contributed by atoms with Crippen LogP contribution in [0.4, 0.5) is 22.7 Å². The summed E-state index contributed by atoms with van der Waals surface area (Å²) >= 11 is 0. The molecule has 0 aromatic heterocycles. The highest BCUT2D eigenvalue weighted by atomic mass is 32.2. The molecule has 21 heavy (non-hydrogen) atoms. The maximum atomic E-state index is 12.8. The number of hydrogen-bond donors (Lipinski definition) is 3. The number of fused-ring (bicyclic) bond motifs is 2. The summed E-state index contributed by atoms with van der Waals surface area (Å²) in [6.07, 6.45) is 0. The average molecular weight is 301 g/mol. The van der Waals surface area contributed by atoms with Gasteiger partial charge in [0.05, 0.1) is 32.0 Å². The van der Waals surface area contributed by atoms with Crippen LogP contribution in [-0.2, 0) is 10.8 Å². The molecule has 0 fully saturated rings. The summed E-state index contributed by atoms with van der Waals surface area (Å²) in [5, 5.41) is 9.88. The first-order chi connectivity index (χ1) is 10.2. The van der Waals surface area contributed by atoms with Crippen molar-refractivity contribution in [3.8, 4) is 0 Å². The van der Waals surface area contributed by atoms with Gasteiger partial charge >= 0.3 is 0 Å². The zero-order chi connectivity index (χ0) is 14.8. The lowest BCUT2D eigenvalue weighted by Crippen LogP contribution is -2.10. The first-order valence-electron chi connectivity index (χ1n) is 7.17. The van der Waals surface area contributed by atoms with Crippen LogP contribution in [0, 0.1) is 0 Å². The van der Waals surface area contributed by atoms with E-state index in [4.69, 9.17) is 0 Å². The van der Waals surface area contributed by atoms with Gasteiger partial charge in [-0.15, -0.1) is 0 Å². The molecule has 0 saturated heterocycles. The summed E-state index contributed by atoms with van der Waals surface area (Å²) in [6.45, 7) is 5.79. The van der Waals surface area contributed by atoms with Gasteiger partial charge in [0.15, 0.2) is 0 Å². The second-order valence-electron chi connectivity index (χ2n) is 4.88. The first-order valence-corrected chi connectivity index (χ1v) is 8.32. The minimum Gasteiger partial charge on any atom is -0.385 e. The molecular formula is C16H19N3OS.